The van der Waals surface area contributed by atoms with Gasteiger partial charge in [-0.25, -0.2) is 4.98 Å². The molecule has 0 amide bonds. The molecule has 1 aromatic heterocycles. The Morgan fingerprint density at radius 3 is 3.07 bits per heavy atom. The van der Waals surface area contributed by atoms with Crippen molar-refractivity contribution in [3.05, 3.63) is 28.7 Å². The second-order valence-corrected chi connectivity index (χ2v) is 3.23. The van der Waals surface area contributed by atoms with Crippen molar-refractivity contribution in [3.8, 4) is 11.5 Å². The third kappa shape index (κ3) is 1.24. The van der Waals surface area contributed by atoms with Crippen LogP contribution in [0.4, 0.5) is 0 Å². The minimum atomic E-state index is -0.245. The molecule has 0 fully saturated rings. The van der Waals surface area contributed by atoms with E-state index < -0.39 is 0 Å². The van der Waals surface area contributed by atoms with Gasteiger partial charge in [-0.3, -0.25) is 4.79 Å². The fourth-order valence-corrected chi connectivity index (χ4v) is 1.62. The zero-order chi connectivity index (χ0) is 10.3. The topological polar surface area (TPSA) is 64.2 Å². The number of hydrogen-bond donors (Lipinski definition) is 1. The Bertz CT molecular complexity index is 576. The molecule has 76 valence electrons. The molecule has 1 N–H and O–H groups in total. The summed E-state index contributed by atoms with van der Waals surface area (Å²) in [6.45, 7) is 1.02. The zero-order valence-electron chi connectivity index (χ0n) is 7.82. The predicted octanol–water partition coefficient (Wildman–Crippen LogP) is 0.694. The molecule has 15 heavy (non-hydrogen) atoms. The third-order valence-corrected chi connectivity index (χ3v) is 2.26. The van der Waals surface area contributed by atoms with Gasteiger partial charge in [-0.2, -0.15) is 0 Å². The van der Waals surface area contributed by atoms with Crippen molar-refractivity contribution in [3.63, 3.8) is 0 Å². The third-order valence-electron chi connectivity index (χ3n) is 2.26. The molecule has 1 aromatic carbocycles. The van der Waals surface area contributed by atoms with Crippen LogP contribution in [0.25, 0.3) is 11.0 Å². The number of H-pyrrole nitrogens is 1. The SMILES string of the molecule is O=c1cnc2ccc3c(c2[nH]1)OCCO3. The molecule has 5 nitrogen and oxygen atoms in total. The van der Waals surface area contributed by atoms with Crippen LogP contribution in [0.3, 0.4) is 0 Å². The van der Waals surface area contributed by atoms with E-state index in [4.69, 9.17) is 9.47 Å². The van der Waals surface area contributed by atoms with Crippen LogP contribution >= 0.6 is 0 Å². The lowest BCUT2D eigenvalue weighted by Gasteiger charge is -2.18. The second kappa shape index (κ2) is 2.98. The van der Waals surface area contributed by atoms with E-state index in [0.29, 0.717) is 35.7 Å². The minimum Gasteiger partial charge on any atom is -0.486 e. The van der Waals surface area contributed by atoms with Crippen LogP contribution in [0.2, 0.25) is 0 Å². The number of nitrogens with zero attached hydrogens (tertiary/aromatic N) is 1. The molecule has 1 aliphatic heterocycles. The van der Waals surface area contributed by atoms with Crippen molar-refractivity contribution in [1.82, 2.24) is 9.97 Å². The van der Waals surface area contributed by atoms with Gasteiger partial charge in [0.2, 0.25) is 0 Å². The quantitative estimate of drug-likeness (QED) is 0.685. The Hall–Kier alpha value is -2.04. The molecule has 3 rings (SSSR count). The van der Waals surface area contributed by atoms with Gasteiger partial charge < -0.3 is 14.5 Å². The van der Waals surface area contributed by atoms with Crippen LogP contribution < -0.4 is 15.0 Å². The van der Waals surface area contributed by atoms with Gasteiger partial charge in [0.05, 0.1) is 11.7 Å². The average Bonchev–Trinajstić information content (AvgIpc) is 2.29. The van der Waals surface area contributed by atoms with Crippen LogP contribution in [0, 0.1) is 0 Å². The maximum atomic E-state index is 11.2. The van der Waals surface area contributed by atoms with Gasteiger partial charge in [-0.1, -0.05) is 0 Å². The van der Waals surface area contributed by atoms with Crippen molar-refractivity contribution in [1.29, 1.82) is 0 Å². The molecule has 0 saturated heterocycles. The highest BCUT2D eigenvalue weighted by molar-refractivity contribution is 5.83. The maximum Gasteiger partial charge on any atom is 0.266 e. The number of nitrogens with one attached hydrogen (secondary N) is 1. The highest BCUT2D eigenvalue weighted by atomic mass is 16.6. The molecule has 0 aliphatic carbocycles. The van der Waals surface area contributed by atoms with Crippen molar-refractivity contribution < 1.29 is 9.47 Å². The fraction of sp³-hybridized carbons (Fsp3) is 0.200. The monoisotopic (exact) mass is 204 g/mol. The van der Waals surface area contributed by atoms with E-state index in [2.05, 4.69) is 9.97 Å². The van der Waals surface area contributed by atoms with E-state index in [9.17, 15) is 4.79 Å². The van der Waals surface area contributed by atoms with E-state index in [1.807, 2.05) is 0 Å². The van der Waals surface area contributed by atoms with Crippen LogP contribution in [-0.2, 0) is 0 Å². The molecule has 5 heteroatoms. The molecule has 0 spiro atoms. The lowest BCUT2D eigenvalue weighted by molar-refractivity contribution is 0.173. The van der Waals surface area contributed by atoms with Gasteiger partial charge in [0.1, 0.15) is 18.7 Å². The summed E-state index contributed by atoms with van der Waals surface area (Å²) in [5, 5.41) is 0. The summed E-state index contributed by atoms with van der Waals surface area (Å²) in [5.74, 6) is 1.22. The van der Waals surface area contributed by atoms with Gasteiger partial charge in [0.25, 0.3) is 5.56 Å². The molecule has 0 bridgehead atoms. The summed E-state index contributed by atoms with van der Waals surface area (Å²) in [6.07, 6.45) is 1.25. The minimum absolute atomic E-state index is 0.245. The highest BCUT2D eigenvalue weighted by Gasteiger charge is 2.15. The number of aromatic amines is 1. The molecular formula is C10H8N2O3. The first-order valence-corrected chi connectivity index (χ1v) is 4.62. The standard InChI is InChI=1S/C10H8N2O3/c13-8-5-11-6-1-2-7-10(9(6)12-8)15-4-3-14-7/h1-2,5H,3-4H2,(H,12,13). The van der Waals surface area contributed by atoms with E-state index in [-0.39, 0.29) is 5.56 Å². The Labute approximate surface area is 84.7 Å². The number of hydrogen-bond acceptors (Lipinski definition) is 4. The first-order chi connectivity index (χ1) is 7.34. The molecule has 2 aromatic rings. The molecule has 0 unspecified atom stereocenters. The number of benzene rings is 1. The number of rotatable bonds is 0. The van der Waals surface area contributed by atoms with Gasteiger partial charge in [-0.05, 0) is 12.1 Å². The predicted molar refractivity (Wildman–Crippen MR) is 53.4 cm³/mol. The van der Waals surface area contributed by atoms with Crippen LogP contribution in [0.1, 0.15) is 0 Å². The maximum absolute atomic E-state index is 11.2. The summed E-state index contributed by atoms with van der Waals surface area (Å²) in [6, 6.07) is 3.58. The molecule has 1 aliphatic rings. The largest absolute Gasteiger partial charge is 0.486 e. The van der Waals surface area contributed by atoms with Gasteiger partial charge in [0, 0.05) is 0 Å². The normalized spacial score (nSPS) is 14.1. The van der Waals surface area contributed by atoms with Crippen molar-refractivity contribution in [2.24, 2.45) is 0 Å². The van der Waals surface area contributed by atoms with Crippen LogP contribution in [-0.4, -0.2) is 23.2 Å². The lowest BCUT2D eigenvalue weighted by Crippen LogP contribution is -2.16. The van der Waals surface area contributed by atoms with E-state index in [0.717, 1.165) is 0 Å². The summed E-state index contributed by atoms with van der Waals surface area (Å²) in [4.78, 5) is 17.9. The first kappa shape index (κ1) is 8.28. The molecular weight excluding hydrogens is 196 g/mol. The van der Waals surface area contributed by atoms with Crippen molar-refractivity contribution in [2.45, 2.75) is 0 Å². The Morgan fingerprint density at radius 1 is 1.27 bits per heavy atom. The summed E-state index contributed by atoms with van der Waals surface area (Å²) in [5.41, 5.74) is 1.05. The van der Waals surface area contributed by atoms with Gasteiger partial charge in [0.15, 0.2) is 11.5 Å². The summed E-state index contributed by atoms with van der Waals surface area (Å²) < 4.78 is 10.9. The second-order valence-electron chi connectivity index (χ2n) is 3.23. The Morgan fingerprint density at radius 2 is 2.13 bits per heavy atom. The lowest BCUT2D eigenvalue weighted by atomic mass is 10.2. The van der Waals surface area contributed by atoms with Gasteiger partial charge in [-0.15, -0.1) is 0 Å². The summed E-state index contributed by atoms with van der Waals surface area (Å²) in [7, 11) is 0. The smallest absolute Gasteiger partial charge is 0.266 e. The van der Waals surface area contributed by atoms with Gasteiger partial charge >= 0.3 is 0 Å². The highest BCUT2D eigenvalue weighted by Crippen LogP contribution is 2.34. The molecule has 2 heterocycles. The van der Waals surface area contributed by atoms with Crippen molar-refractivity contribution >= 4 is 11.0 Å². The number of ether oxygens (including phenoxy) is 2. The van der Waals surface area contributed by atoms with Crippen molar-refractivity contribution in [2.75, 3.05) is 13.2 Å². The van der Waals surface area contributed by atoms with E-state index in [1.165, 1.54) is 6.20 Å². The molecule has 0 atom stereocenters. The Kier molecular flexibility index (Phi) is 1.65. The Balaban J connectivity index is 2.39. The average molecular weight is 204 g/mol. The molecule has 0 radical (unpaired) electrons. The number of fused-ring (bicyclic) bond motifs is 3. The first-order valence-electron chi connectivity index (χ1n) is 4.62. The van der Waals surface area contributed by atoms with E-state index in [1.54, 1.807) is 12.1 Å². The fourth-order valence-electron chi connectivity index (χ4n) is 1.62. The number of aromatic nitrogens is 2. The van der Waals surface area contributed by atoms with Crippen LogP contribution in [0.15, 0.2) is 23.1 Å². The zero-order valence-corrected chi connectivity index (χ0v) is 7.82. The van der Waals surface area contributed by atoms with E-state index >= 15 is 0 Å². The van der Waals surface area contributed by atoms with Crippen LogP contribution in [0.5, 0.6) is 11.5 Å². The molecule has 0 saturated carbocycles. The summed E-state index contributed by atoms with van der Waals surface area (Å²) >= 11 is 0.